The second-order valence-corrected chi connectivity index (χ2v) is 5.27. The first-order chi connectivity index (χ1) is 12.2. The summed E-state index contributed by atoms with van der Waals surface area (Å²) >= 11 is 0. The number of para-hydroxylation sites is 2. The highest BCUT2D eigenvalue weighted by molar-refractivity contribution is 5.94. The number of amides is 1. The molecule has 0 aromatic heterocycles. The molecule has 2 aromatic rings. The fraction of sp³-hybridized carbons (Fsp3) is 0.250. The standard InChI is InChI=1S/C20H23NO4/c1-4-7-15-14-16(10-11-17(15)23-2)20(22)21-12-13-25-19-9-6-5-8-18(19)24-3/h4-6,8-11,14H,1,7,12-13H2,2-3H3,(H,21,22). The van der Waals surface area contributed by atoms with Crippen LogP contribution in [-0.2, 0) is 6.42 Å². The molecule has 0 aliphatic carbocycles. The monoisotopic (exact) mass is 341 g/mol. The molecule has 0 spiro atoms. The number of methoxy groups -OCH3 is 2. The molecule has 2 rings (SSSR count). The van der Waals surface area contributed by atoms with Gasteiger partial charge in [-0.15, -0.1) is 6.58 Å². The summed E-state index contributed by atoms with van der Waals surface area (Å²) in [5.41, 5.74) is 1.50. The largest absolute Gasteiger partial charge is 0.496 e. The Morgan fingerprint density at radius 2 is 1.80 bits per heavy atom. The van der Waals surface area contributed by atoms with Gasteiger partial charge in [-0.05, 0) is 42.3 Å². The lowest BCUT2D eigenvalue weighted by atomic mass is 10.1. The van der Waals surface area contributed by atoms with Crippen molar-refractivity contribution in [2.75, 3.05) is 27.4 Å². The molecular weight excluding hydrogens is 318 g/mol. The van der Waals surface area contributed by atoms with Gasteiger partial charge >= 0.3 is 0 Å². The first-order valence-electron chi connectivity index (χ1n) is 8.01. The molecule has 0 atom stereocenters. The van der Waals surface area contributed by atoms with Crippen LogP contribution in [0.25, 0.3) is 0 Å². The second-order valence-electron chi connectivity index (χ2n) is 5.27. The number of carbonyl (C=O) groups is 1. The summed E-state index contributed by atoms with van der Waals surface area (Å²) in [6.07, 6.45) is 2.42. The highest BCUT2D eigenvalue weighted by Gasteiger charge is 2.09. The lowest BCUT2D eigenvalue weighted by molar-refractivity contribution is 0.0946. The fourth-order valence-electron chi connectivity index (χ4n) is 2.40. The maximum atomic E-state index is 12.3. The van der Waals surface area contributed by atoms with Gasteiger partial charge in [-0.2, -0.15) is 0 Å². The smallest absolute Gasteiger partial charge is 0.251 e. The molecule has 0 fully saturated rings. The maximum Gasteiger partial charge on any atom is 0.251 e. The van der Waals surface area contributed by atoms with Crippen molar-refractivity contribution >= 4 is 5.91 Å². The minimum absolute atomic E-state index is 0.156. The summed E-state index contributed by atoms with van der Waals surface area (Å²) in [7, 11) is 3.20. The Kier molecular flexibility index (Phi) is 6.89. The van der Waals surface area contributed by atoms with E-state index in [1.165, 1.54) is 0 Å². The highest BCUT2D eigenvalue weighted by atomic mass is 16.5. The summed E-state index contributed by atoms with van der Waals surface area (Å²) in [5.74, 6) is 1.91. The average Bonchev–Trinajstić information content (AvgIpc) is 2.65. The Bertz CT molecular complexity index is 727. The lowest BCUT2D eigenvalue weighted by Gasteiger charge is -2.12. The Balaban J connectivity index is 1.90. The summed E-state index contributed by atoms with van der Waals surface area (Å²) in [5, 5.41) is 2.84. The van der Waals surface area contributed by atoms with Gasteiger partial charge in [-0.1, -0.05) is 18.2 Å². The Morgan fingerprint density at radius 1 is 1.08 bits per heavy atom. The molecule has 5 heteroatoms. The first kappa shape index (κ1) is 18.4. The van der Waals surface area contributed by atoms with E-state index in [0.717, 1.165) is 11.3 Å². The number of nitrogens with one attached hydrogen (secondary N) is 1. The third kappa shape index (κ3) is 5.01. The summed E-state index contributed by atoms with van der Waals surface area (Å²) in [6.45, 7) is 4.46. The van der Waals surface area contributed by atoms with Crippen LogP contribution < -0.4 is 19.5 Å². The molecule has 1 amide bonds. The SMILES string of the molecule is C=CCc1cc(C(=O)NCCOc2ccccc2OC)ccc1OC. The summed E-state index contributed by atoms with van der Waals surface area (Å²) < 4.78 is 16.1. The van der Waals surface area contributed by atoms with Crippen molar-refractivity contribution in [3.8, 4) is 17.2 Å². The number of carbonyl (C=O) groups excluding carboxylic acids is 1. The van der Waals surface area contributed by atoms with Crippen LogP contribution in [0.2, 0.25) is 0 Å². The van der Waals surface area contributed by atoms with Crippen molar-refractivity contribution in [1.29, 1.82) is 0 Å². The van der Waals surface area contributed by atoms with Crippen molar-refractivity contribution in [3.63, 3.8) is 0 Å². The van der Waals surface area contributed by atoms with Gasteiger partial charge in [0.1, 0.15) is 12.4 Å². The van der Waals surface area contributed by atoms with E-state index >= 15 is 0 Å². The molecule has 0 unspecified atom stereocenters. The number of benzene rings is 2. The van der Waals surface area contributed by atoms with E-state index < -0.39 is 0 Å². The maximum absolute atomic E-state index is 12.3. The minimum Gasteiger partial charge on any atom is -0.496 e. The summed E-state index contributed by atoms with van der Waals surface area (Å²) in [6, 6.07) is 12.7. The fourth-order valence-corrected chi connectivity index (χ4v) is 2.40. The second kappa shape index (κ2) is 9.37. The third-order valence-corrected chi connectivity index (χ3v) is 3.62. The predicted octanol–water partition coefficient (Wildman–Crippen LogP) is 3.24. The molecule has 0 aliphatic rings. The van der Waals surface area contributed by atoms with Crippen LogP contribution in [0, 0.1) is 0 Å². The molecule has 0 saturated carbocycles. The van der Waals surface area contributed by atoms with Crippen LogP contribution in [0.1, 0.15) is 15.9 Å². The van der Waals surface area contributed by atoms with E-state index in [4.69, 9.17) is 14.2 Å². The lowest BCUT2D eigenvalue weighted by Crippen LogP contribution is -2.28. The molecule has 1 N–H and O–H groups in total. The molecule has 2 aromatic carbocycles. The van der Waals surface area contributed by atoms with Crippen LogP contribution in [-0.4, -0.2) is 33.3 Å². The Morgan fingerprint density at radius 3 is 2.48 bits per heavy atom. The van der Waals surface area contributed by atoms with Gasteiger partial charge < -0.3 is 19.5 Å². The van der Waals surface area contributed by atoms with E-state index in [9.17, 15) is 4.79 Å². The quantitative estimate of drug-likeness (QED) is 0.562. The summed E-state index contributed by atoms with van der Waals surface area (Å²) in [4.78, 5) is 12.3. The van der Waals surface area contributed by atoms with Gasteiger partial charge in [0.25, 0.3) is 5.91 Å². The zero-order valence-corrected chi connectivity index (χ0v) is 14.6. The van der Waals surface area contributed by atoms with Crippen molar-refractivity contribution in [1.82, 2.24) is 5.32 Å². The van der Waals surface area contributed by atoms with E-state index in [-0.39, 0.29) is 5.91 Å². The van der Waals surface area contributed by atoms with Crippen LogP contribution in [0.15, 0.2) is 55.1 Å². The van der Waals surface area contributed by atoms with Gasteiger partial charge in [0.05, 0.1) is 20.8 Å². The zero-order valence-electron chi connectivity index (χ0n) is 14.6. The molecule has 0 aliphatic heterocycles. The molecular formula is C20H23NO4. The van der Waals surface area contributed by atoms with Crippen molar-refractivity contribution in [2.24, 2.45) is 0 Å². The van der Waals surface area contributed by atoms with Gasteiger partial charge in [0.15, 0.2) is 11.5 Å². The highest BCUT2D eigenvalue weighted by Crippen LogP contribution is 2.25. The molecule has 0 saturated heterocycles. The van der Waals surface area contributed by atoms with Crippen molar-refractivity contribution in [3.05, 3.63) is 66.2 Å². The number of ether oxygens (including phenoxy) is 3. The number of rotatable bonds is 9. The van der Waals surface area contributed by atoms with E-state index in [2.05, 4.69) is 11.9 Å². The number of allylic oxidation sites excluding steroid dienone is 1. The Labute approximate surface area is 148 Å². The average molecular weight is 341 g/mol. The molecule has 0 heterocycles. The number of hydrogen-bond acceptors (Lipinski definition) is 4. The van der Waals surface area contributed by atoms with Gasteiger partial charge in [0, 0.05) is 5.56 Å². The first-order valence-corrected chi connectivity index (χ1v) is 8.01. The topological polar surface area (TPSA) is 56.8 Å². The molecule has 0 radical (unpaired) electrons. The number of hydrogen-bond donors (Lipinski definition) is 1. The normalized spacial score (nSPS) is 10.0. The van der Waals surface area contributed by atoms with Gasteiger partial charge in [-0.3, -0.25) is 4.79 Å². The van der Waals surface area contributed by atoms with Crippen molar-refractivity contribution < 1.29 is 19.0 Å². The van der Waals surface area contributed by atoms with Gasteiger partial charge in [-0.25, -0.2) is 0 Å². The Hall–Kier alpha value is -2.95. The third-order valence-electron chi connectivity index (χ3n) is 3.62. The molecule has 5 nitrogen and oxygen atoms in total. The van der Waals surface area contributed by atoms with Crippen LogP contribution in [0.5, 0.6) is 17.2 Å². The van der Waals surface area contributed by atoms with Crippen LogP contribution in [0.4, 0.5) is 0 Å². The van der Waals surface area contributed by atoms with E-state index in [1.807, 2.05) is 30.3 Å². The van der Waals surface area contributed by atoms with Crippen LogP contribution >= 0.6 is 0 Å². The predicted molar refractivity (Wildman–Crippen MR) is 97.7 cm³/mol. The van der Waals surface area contributed by atoms with Crippen LogP contribution in [0.3, 0.4) is 0 Å². The zero-order chi connectivity index (χ0) is 18.1. The van der Waals surface area contributed by atoms with Gasteiger partial charge in [0.2, 0.25) is 0 Å². The molecule has 0 bridgehead atoms. The molecule has 132 valence electrons. The minimum atomic E-state index is -0.156. The van der Waals surface area contributed by atoms with E-state index in [1.54, 1.807) is 32.4 Å². The van der Waals surface area contributed by atoms with Crippen molar-refractivity contribution in [2.45, 2.75) is 6.42 Å². The molecule has 25 heavy (non-hydrogen) atoms. The van der Waals surface area contributed by atoms with E-state index in [0.29, 0.717) is 36.6 Å².